The number of hydrogen-bond donors (Lipinski definition) is 0. The Morgan fingerprint density at radius 3 is 2.50 bits per heavy atom. The molecule has 0 bridgehead atoms. The van der Waals surface area contributed by atoms with Crippen LogP contribution in [0.25, 0.3) is 0 Å². The van der Waals surface area contributed by atoms with Gasteiger partial charge < -0.3 is 0 Å². The molecule has 1 aromatic rings. The van der Waals surface area contributed by atoms with Crippen LogP contribution in [0.3, 0.4) is 0 Å². The maximum absolute atomic E-state index is 13.0. The molecule has 118 valence electrons. The smallest absolute Gasteiger partial charge is 0.247 e. The zero-order valence-electron chi connectivity index (χ0n) is 13.7. The zero-order valence-corrected chi connectivity index (χ0v) is 13.7. The number of para-hydroxylation sites is 1. The lowest BCUT2D eigenvalue weighted by Crippen LogP contribution is -2.57. The number of hydrazine groups is 1. The van der Waals surface area contributed by atoms with E-state index in [0.717, 1.165) is 12.8 Å². The fourth-order valence-corrected chi connectivity index (χ4v) is 4.65. The van der Waals surface area contributed by atoms with Gasteiger partial charge in [-0.2, -0.15) is 0 Å². The molecular weight excluding hydrogens is 272 g/mol. The molecule has 1 aliphatic carbocycles. The number of carbonyl (C=O) groups is 1. The van der Waals surface area contributed by atoms with Gasteiger partial charge in [0, 0.05) is 5.41 Å². The van der Waals surface area contributed by atoms with Gasteiger partial charge in [0.2, 0.25) is 5.91 Å². The third-order valence-corrected chi connectivity index (χ3v) is 5.73. The number of amides is 1. The minimum absolute atomic E-state index is 0.223. The van der Waals surface area contributed by atoms with Crippen molar-refractivity contribution in [3.8, 4) is 0 Å². The molecule has 2 aliphatic heterocycles. The lowest BCUT2D eigenvalue weighted by Gasteiger charge is -2.48. The summed E-state index contributed by atoms with van der Waals surface area (Å²) in [5.41, 5.74) is 2.47. The van der Waals surface area contributed by atoms with Crippen molar-refractivity contribution in [3.63, 3.8) is 0 Å². The Bertz CT molecular complexity index is 589. The second-order valence-electron chi connectivity index (χ2n) is 7.86. The molecule has 3 heteroatoms. The molecule has 0 radical (unpaired) electrons. The highest BCUT2D eigenvalue weighted by molar-refractivity contribution is 5.87. The second-order valence-corrected chi connectivity index (χ2v) is 7.86. The molecular formula is C19H26N2O. The molecule has 1 amide bonds. The molecule has 4 rings (SSSR count). The van der Waals surface area contributed by atoms with Crippen molar-refractivity contribution in [2.75, 3.05) is 5.01 Å². The topological polar surface area (TPSA) is 23.6 Å². The summed E-state index contributed by atoms with van der Waals surface area (Å²) in [5, 5.41) is 4.53. The Kier molecular flexibility index (Phi) is 3.21. The van der Waals surface area contributed by atoms with E-state index in [-0.39, 0.29) is 5.41 Å². The normalized spacial score (nSPS) is 27.7. The first-order valence-electron chi connectivity index (χ1n) is 8.79. The lowest BCUT2D eigenvalue weighted by atomic mass is 9.88. The van der Waals surface area contributed by atoms with Crippen molar-refractivity contribution in [1.29, 1.82) is 0 Å². The summed E-state index contributed by atoms with van der Waals surface area (Å²) in [6, 6.07) is 9.54. The standard InChI is InChI=1S/C19H26N2O/c1-19(2)13-16-12-14-8-6-7-11-17(14)20(21(16)18(19)22)15-9-4-3-5-10-15/h6-8,11,15-16H,3-5,9-10,12-13H2,1-2H3. The molecule has 3 nitrogen and oxygen atoms in total. The van der Waals surface area contributed by atoms with Crippen LogP contribution in [0.5, 0.6) is 0 Å². The summed E-state index contributed by atoms with van der Waals surface area (Å²) in [6.07, 6.45) is 8.34. The molecule has 0 aromatic heterocycles. The fraction of sp³-hybridized carbons (Fsp3) is 0.632. The first-order valence-corrected chi connectivity index (χ1v) is 8.79. The van der Waals surface area contributed by atoms with E-state index in [9.17, 15) is 4.79 Å². The van der Waals surface area contributed by atoms with Gasteiger partial charge in [0.1, 0.15) is 0 Å². The number of hydrogen-bond acceptors (Lipinski definition) is 2. The third kappa shape index (κ3) is 2.05. The molecule has 1 saturated heterocycles. The molecule has 22 heavy (non-hydrogen) atoms. The predicted octanol–water partition coefficient (Wildman–Crippen LogP) is 3.92. The number of nitrogens with zero attached hydrogens (tertiary/aromatic N) is 2. The van der Waals surface area contributed by atoms with Crippen LogP contribution in [0.1, 0.15) is 57.9 Å². The van der Waals surface area contributed by atoms with Gasteiger partial charge in [-0.15, -0.1) is 0 Å². The molecule has 1 aromatic carbocycles. The number of rotatable bonds is 1. The zero-order chi connectivity index (χ0) is 15.3. The van der Waals surface area contributed by atoms with E-state index in [4.69, 9.17) is 0 Å². The first-order chi connectivity index (χ1) is 10.6. The van der Waals surface area contributed by atoms with Crippen LogP contribution in [-0.2, 0) is 11.2 Å². The van der Waals surface area contributed by atoms with E-state index in [1.54, 1.807) is 0 Å². The van der Waals surface area contributed by atoms with E-state index in [1.807, 2.05) is 0 Å². The van der Waals surface area contributed by atoms with E-state index in [0.29, 0.717) is 18.0 Å². The average Bonchev–Trinajstić information content (AvgIpc) is 2.75. The summed E-state index contributed by atoms with van der Waals surface area (Å²) in [5.74, 6) is 0.317. The highest BCUT2D eigenvalue weighted by Crippen LogP contribution is 2.45. The van der Waals surface area contributed by atoms with Gasteiger partial charge in [-0.25, -0.2) is 5.01 Å². The number of anilines is 1. The minimum Gasteiger partial charge on any atom is -0.279 e. The Morgan fingerprint density at radius 2 is 1.73 bits per heavy atom. The Balaban J connectivity index is 1.78. The van der Waals surface area contributed by atoms with Gasteiger partial charge in [-0.1, -0.05) is 51.3 Å². The van der Waals surface area contributed by atoms with Crippen molar-refractivity contribution >= 4 is 11.6 Å². The quantitative estimate of drug-likeness (QED) is 0.784. The lowest BCUT2D eigenvalue weighted by molar-refractivity contribution is -0.136. The molecule has 3 aliphatic rings. The monoisotopic (exact) mass is 298 g/mol. The van der Waals surface area contributed by atoms with Crippen LogP contribution in [0.15, 0.2) is 24.3 Å². The van der Waals surface area contributed by atoms with Crippen LogP contribution in [0.4, 0.5) is 5.69 Å². The molecule has 2 heterocycles. The molecule has 1 unspecified atom stereocenters. The second kappa shape index (κ2) is 5.00. The number of fused-ring (bicyclic) bond motifs is 2. The van der Waals surface area contributed by atoms with Gasteiger partial charge >= 0.3 is 0 Å². The van der Waals surface area contributed by atoms with Gasteiger partial charge in [0.25, 0.3) is 0 Å². The van der Waals surface area contributed by atoms with Crippen LogP contribution >= 0.6 is 0 Å². The minimum atomic E-state index is -0.223. The third-order valence-electron chi connectivity index (χ3n) is 5.73. The van der Waals surface area contributed by atoms with Crippen molar-refractivity contribution < 1.29 is 4.79 Å². The van der Waals surface area contributed by atoms with Crippen LogP contribution in [0, 0.1) is 5.41 Å². The Morgan fingerprint density at radius 1 is 1.00 bits per heavy atom. The van der Waals surface area contributed by atoms with Gasteiger partial charge in [-0.05, 0) is 37.3 Å². The first kappa shape index (κ1) is 14.1. The predicted molar refractivity (Wildman–Crippen MR) is 88.5 cm³/mol. The number of carbonyl (C=O) groups excluding carboxylic acids is 1. The fourth-order valence-electron chi connectivity index (χ4n) is 4.65. The van der Waals surface area contributed by atoms with Crippen molar-refractivity contribution in [3.05, 3.63) is 29.8 Å². The molecule has 1 atom stereocenters. The van der Waals surface area contributed by atoms with E-state index in [2.05, 4.69) is 48.1 Å². The van der Waals surface area contributed by atoms with Gasteiger partial charge in [0.05, 0.1) is 17.8 Å². The van der Waals surface area contributed by atoms with Crippen molar-refractivity contribution in [1.82, 2.24) is 5.01 Å². The highest BCUT2D eigenvalue weighted by Gasteiger charge is 2.51. The summed E-state index contributed by atoms with van der Waals surface area (Å²) in [7, 11) is 0. The maximum Gasteiger partial charge on any atom is 0.247 e. The number of benzene rings is 1. The molecule has 0 N–H and O–H groups in total. The van der Waals surface area contributed by atoms with E-state index >= 15 is 0 Å². The van der Waals surface area contributed by atoms with Crippen molar-refractivity contribution in [2.24, 2.45) is 5.41 Å². The Hall–Kier alpha value is -1.51. The maximum atomic E-state index is 13.0. The molecule has 1 saturated carbocycles. The molecule has 2 fully saturated rings. The summed E-state index contributed by atoms with van der Waals surface area (Å²) >= 11 is 0. The SMILES string of the molecule is CC1(C)CC2Cc3ccccc3N(C3CCCCC3)N2C1=O. The van der Waals surface area contributed by atoms with Gasteiger partial charge in [0.15, 0.2) is 0 Å². The van der Waals surface area contributed by atoms with Crippen LogP contribution in [0.2, 0.25) is 0 Å². The Labute approximate surface area is 133 Å². The van der Waals surface area contributed by atoms with Crippen LogP contribution < -0.4 is 5.01 Å². The van der Waals surface area contributed by atoms with Crippen molar-refractivity contribution in [2.45, 2.75) is 70.9 Å². The summed E-state index contributed by atoms with van der Waals surface area (Å²) < 4.78 is 0. The van der Waals surface area contributed by atoms with Crippen LogP contribution in [-0.4, -0.2) is 23.0 Å². The highest BCUT2D eigenvalue weighted by atomic mass is 16.2. The summed E-state index contributed by atoms with van der Waals surface area (Å²) in [4.78, 5) is 13.0. The average molecular weight is 298 g/mol. The largest absolute Gasteiger partial charge is 0.279 e. The summed E-state index contributed by atoms with van der Waals surface area (Å²) in [6.45, 7) is 4.22. The van der Waals surface area contributed by atoms with E-state index < -0.39 is 0 Å². The van der Waals surface area contributed by atoms with Gasteiger partial charge in [-0.3, -0.25) is 9.80 Å². The van der Waals surface area contributed by atoms with E-state index in [1.165, 1.54) is 43.4 Å². The molecule has 0 spiro atoms.